The summed E-state index contributed by atoms with van der Waals surface area (Å²) in [5.74, 6) is 1.25. The number of hydrogen-bond donors (Lipinski definition) is 6. The van der Waals surface area contributed by atoms with E-state index in [1.165, 1.54) is 94.5 Å². The average molecular weight is 1270 g/mol. The van der Waals surface area contributed by atoms with Crippen molar-refractivity contribution in [3.63, 3.8) is 0 Å². The second kappa shape index (κ2) is 35.1. The van der Waals surface area contributed by atoms with Gasteiger partial charge < -0.3 is 51.5 Å². The third-order valence-electron chi connectivity index (χ3n) is 22.6. The lowest BCUT2D eigenvalue weighted by Gasteiger charge is -2.60. The number of benzene rings is 1. The van der Waals surface area contributed by atoms with Gasteiger partial charge in [0, 0.05) is 168 Å². The number of carbonyl (C=O) groups excluding carboxylic acids is 1. The molecular weight excluding hydrogens is 1150 g/mol. The van der Waals surface area contributed by atoms with Crippen LogP contribution in [0.1, 0.15) is 215 Å². The van der Waals surface area contributed by atoms with Crippen molar-refractivity contribution >= 4 is 12.1 Å². The van der Waals surface area contributed by atoms with Gasteiger partial charge in [-0.05, 0) is 166 Å². The molecule has 6 fully saturated rings. The highest BCUT2D eigenvalue weighted by Gasteiger charge is 2.56. The minimum atomic E-state index is -4.75. The van der Waals surface area contributed by atoms with Gasteiger partial charge in [-0.2, -0.15) is 13.2 Å². The molecule has 1 aromatic rings. The molecule has 0 radical (unpaired) electrons. The van der Waals surface area contributed by atoms with Crippen LogP contribution < -0.4 is 31.9 Å². The lowest BCUT2D eigenvalue weighted by Crippen LogP contribution is -2.76. The van der Waals surface area contributed by atoms with Crippen LogP contribution in [0.2, 0.25) is 0 Å². The molecule has 4 aliphatic heterocycles. The summed E-state index contributed by atoms with van der Waals surface area (Å²) >= 11 is 0. The molecule has 0 bridgehead atoms. The van der Waals surface area contributed by atoms with Gasteiger partial charge in [0.2, 0.25) is 5.91 Å². The number of nitrogens with zero attached hydrogens (tertiary/aromatic N) is 6. The molecule has 1 spiro atoms. The summed E-state index contributed by atoms with van der Waals surface area (Å²) < 4.78 is 55.5. The van der Waals surface area contributed by atoms with Crippen LogP contribution >= 0.6 is 0 Å². The normalized spacial score (nSPS) is 30.7. The van der Waals surface area contributed by atoms with E-state index in [9.17, 15) is 22.4 Å². The smallest absolute Gasteiger partial charge is 0.369 e. The molecule has 1 amide bonds. The number of halogens is 4. The Balaban J connectivity index is 1.09. The van der Waals surface area contributed by atoms with Gasteiger partial charge >= 0.3 is 6.18 Å². The lowest BCUT2D eigenvalue weighted by atomic mass is 9.74. The molecule has 17 heteroatoms. The molecule has 91 heavy (non-hydrogen) atoms. The molecule has 7 aliphatic rings. The van der Waals surface area contributed by atoms with E-state index in [1.54, 1.807) is 0 Å². The van der Waals surface area contributed by atoms with Crippen LogP contribution in [0.15, 0.2) is 71.2 Å². The Kier molecular flexibility index (Phi) is 28.1. The van der Waals surface area contributed by atoms with E-state index in [0.29, 0.717) is 67.1 Å². The predicted molar refractivity (Wildman–Crippen MR) is 368 cm³/mol. The third kappa shape index (κ3) is 20.5. The van der Waals surface area contributed by atoms with E-state index >= 15 is 0 Å². The molecule has 8 rings (SSSR count). The summed E-state index contributed by atoms with van der Waals surface area (Å²) in [5.41, 5.74) is 2.66. The number of allylic oxidation sites excluding steroid dienone is 4. The van der Waals surface area contributed by atoms with E-state index < -0.39 is 17.6 Å². The van der Waals surface area contributed by atoms with Crippen molar-refractivity contribution in [3.8, 4) is 0 Å². The summed E-state index contributed by atoms with van der Waals surface area (Å²) in [6.45, 7) is 28.1. The number of hydrogen-bond acceptors (Lipinski definition) is 12. The van der Waals surface area contributed by atoms with Crippen LogP contribution in [0.25, 0.3) is 0 Å². The maximum absolute atomic E-state index is 14.9. The van der Waals surface area contributed by atoms with E-state index in [0.717, 1.165) is 115 Å². The number of amides is 1. The van der Waals surface area contributed by atoms with Crippen molar-refractivity contribution in [1.29, 1.82) is 0 Å². The lowest BCUT2D eigenvalue weighted by molar-refractivity contribution is -0.162. The zero-order chi connectivity index (χ0) is 65.2. The van der Waals surface area contributed by atoms with Crippen molar-refractivity contribution in [2.24, 2.45) is 34.6 Å². The number of alkyl halides is 3. The zero-order valence-electron chi connectivity index (χ0n) is 58.3. The number of aryl methyl sites for hydroxylation is 1. The van der Waals surface area contributed by atoms with Gasteiger partial charge in [0.25, 0.3) is 0 Å². The van der Waals surface area contributed by atoms with Gasteiger partial charge in [-0.15, -0.1) is 0 Å². The second-order valence-corrected chi connectivity index (χ2v) is 29.9. The Hall–Kier alpha value is -4.00. The summed E-state index contributed by atoms with van der Waals surface area (Å²) in [5, 5.41) is 24.3. The maximum Gasteiger partial charge on any atom is 0.419 e. The highest BCUT2D eigenvalue weighted by molar-refractivity contribution is 5.81. The van der Waals surface area contributed by atoms with Crippen molar-refractivity contribution in [2.45, 2.75) is 276 Å². The maximum atomic E-state index is 14.9. The highest BCUT2D eigenvalue weighted by Crippen LogP contribution is 2.44. The summed E-state index contributed by atoms with van der Waals surface area (Å²) in [6.07, 6.45) is 33.0. The van der Waals surface area contributed by atoms with Crippen LogP contribution in [0.5, 0.6) is 0 Å². The third-order valence-corrected chi connectivity index (χ3v) is 22.6. The Morgan fingerprint density at radius 2 is 1.52 bits per heavy atom. The number of likely N-dealkylation sites (tertiary alicyclic amines) is 1. The molecule has 5 unspecified atom stereocenters. The molecule has 3 saturated carbocycles. The van der Waals surface area contributed by atoms with Crippen LogP contribution in [0, 0.1) is 35.4 Å². The molecule has 6 N–H and O–H groups in total. The first-order chi connectivity index (χ1) is 43.6. The van der Waals surface area contributed by atoms with Crippen molar-refractivity contribution in [2.75, 3.05) is 66.5 Å². The quantitative estimate of drug-likeness (QED) is 0.119. The van der Waals surface area contributed by atoms with Gasteiger partial charge in [-0.25, -0.2) is 4.39 Å². The monoisotopic (exact) mass is 1270 g/mol. The van der Waals surface area contributed by atoms with Gasteiger partial charge in [0.1, 0.15) is 5.82 Å². The Morgan fingerprint density at radius 1 is 0.802 bits per heavy atom. The first-order valence-electron chi connectivity index (χ1n) is 36.5. The molecule has 3 aliphatic carbocycles. The summed E-state index contributed by atoms with van der Waals surface area (Å²) in [7, 11) is 4.29. The predicted octanol–water partition coefficient (Wildman–Crippen LogP) is 13.3. The minimum absolute atomic E-state index is 0.0396. The van der Waals surface area contributed by atoms with Crippen molar-refractivity contribution in [1.82, 2.24) is 56.4 Å². The molecular formula is C74H124F4N12O. The standard InChI is InChI=1S/C74H124F4N12O/c1-12-53(4)68-47-83-67(44-52(2)3)55(6)82-48-69-70(72(91)88-40-21-14-22-41-88)58(9)90(69)71(61-26-17-18-27-61)56(7)85-73(34-19-20-35-73)51-80-38-37-79-36-33-62(31-29-60-30-32-65(66(75)46-60)74(76,77)78)81-39-43-86(10)49-64(45-59-24-15-13-16-25-59)87(11)50-63-28-23-42-89(63)57(8)54(5)84-68/h30,32-33,36,39,43,46,49-50,52-59,61,67-71,80-85H,12-29,31,34-35,37-38,40-42,44-45,47-48,51H2,1-11H3/t53-,54?,55?,56?,57-,58?,67-,68+,69?,70-,71+/m0/s1. The van der Waals surface area contributed by atoms with Gasteiger partial charge in [0.05, 0.1) is 18.0 Å². The topological polar surface area (TPSA) is 118 Å². The number of nitrogens with one attached hydrogen (secondary N) is 6. The Bertz CT molecular complexity index is 2530. The summed E-state index contributed by atoms with van der Waals surface area (Å²) in [6, 6.07) is 5.28. The number of aliphatic imine (C=N–C) groups is 1. The molecule has 514 valence electrons. The van der Waals surface area contributed by atoms with Gasteiger partial charge in [-0.3, -0.25) is 14.7 Å². The van der Waals surface area contributed by atoms with Crippen LogP contribution in [0.4, 0.5) is 17.6 Å². The number of rotatable bonds is 11. The van der Waals surface area contributed by atoms with Crippen LogP contribution in [-0.2, 0) is 17.4 Å². The van der Waals surface area contributed by atoms with E-state index in [-0.39, 0.29) is 59.8 Å². The molecule has 4 heterocycles. The molecule has 3 saturated heterocycles. The molecule has 11 atom stereocenters. The first kappa shape index (κ1) is 72.8. The molecule has 1 aromatic carbocycles. The fourth-order valence-electron chi connectivity index (χ4n) is 16.9. The van der Waals surface area contributed by atoms with Crippen LogP contribution in [0.3, 0.4) is 0 Å². The SMILES string of the molecule is CC[C@H](C)[C@H]1CN[C@@H](CC(C)C)C(C)NCC2[C@@H](C(=O)N3CCCCC3)C(C)N2[C@@H](C2CCCC2)C(C)NC2(CCCC2)CNCCN=CC=C(CCc2ccc(C(F)(F)F)c(F)c2)NC=CN(C)C=C(CC2CCCCC2)N(C)C=C2CCCN2[C@@H](C)C(C)N1. The second-order valence-electron chi connectivity index (χ2n) is 29.9. The van der Waals surface area contributed by atoms with Crippen molar-refractivity contribution < 1.29 is 22.4 Å². The Morgan fingerprint density at radius 3 is 2.21 bits per heavy atom. The summed E-state index contributed by atoms with van der Waals surface area (Å²) in [4.78, 5) is 32.0. The fraction of sp³-hybridized carbons (Fsp3) is 0.784. The molecule has 0 aromatic heterocycles. The van der Waals surface area contributed by atoms with E-state index in [4.69, 9.17) is 4.99 Å². The fourth-order valence-corrected chi connectivity index (χ4v) is 16.9. The number of piperidine rings is 1. The first-order valence-corrected chi connectivity index (χ1v) is 36.5. The van der Waals surface area contributed by atoms with Gasteiger partial charge in [-0.1, -0.05) is 98.0 Å². The molecule has 13 nitrogen and oxygen atoms in total. The Labute approximate surface area is 548 Å². The van der Waals surface area contributed by atoms with Crippen LogP contribution in [-0.4, -0.2) is 163 Å². The zero-order valence-corrected chi connectivity index (χ0v) is 58.3. The largest absolute Gasteiger partial charge is 0.419 e. The van der Waals surface area contributed by atoms with E-state index in [2.05, 4.69) is 145 Å². The number of carbonyl (C=O) groups is 1. The number of fused-ring (bicyclic) bond motifs is 2. The van der Waals surface area contributed by atoms with E-state index in [1.807, 2.05) is 24.7 Å². The highest BCUT2D eigenvalue weighted by atomic mass is 19.4. The average Bonchev–Trinajstić information content (AvgIpc) is 1.50. The van der Waals surface area contributed by atoms with Gasteiger partial charge in [0.15, 0.2) is 0 Å². The van der Waals surface area contributed by atoms with Crippen molar-refractivity contribution in [3.05, 3.63) is 83.1 Å². The minimum Gasteiger partial charge on any atom is -0.369 e.